The second kappa shape index (κ2) is 8.85. The second-order valence-corrected chi connectivity index (χ2v) is 9.88. The number of amides is 1. The first-order valence-electron chi connectivity index (χ1n) is 8.26. The van der Waals surface area contributed by atoms with E-state index in [0.29, 0.717) is 9.77 Å². The number of thiazole rings is 1. The maximum absolute atomic E-state index is 13.6. The number of rotatable bonds is 7. The van der Waals surface area contributed by atoms with E-state index in [1.807, 2.05) is 6.92 Å². The van der Waals surface area contributed by atoms with E-state index in [4.69, 9.17) is 0 Å². The largest absolute Gasteiger partial charge is 0.351 e. The van der Waals surface area contributed by atoms with Crippen molar-refractivity contribution < 1.29 is 17.6 Å². The van der Waals surface area contributed by atoms with Gasteiger partial charge >= 0.3 is 0 Å². The number of sulfone groups is 1. The van der Waals surface area contributed by atoms with Gasteiger partial charge in [0.15, 0.2) is 5.03 Å². The fraction of sp³-hybridized carbons (Fsp3) is 0.158. The average molecular weight is 437 g/mol. The standard InChI is InChI=1S/C19H17FN2O3S3/c1-13-6-8-15(9-7-13)28(24,25)18-19(27-12-22-18)26-11-17(23)21-10-14-4-2-3-5-16(14)20/h2-9,12H,10-11H2,1H3,(H,21,23). The van der Waals surface area contributed by atoms with Crippen molar-refractivity contribution in [2.75, 3.05) is 5.75 Å². The predicted molar refractivity (Wildman–Crippen MR) is 108 cm³/mol. The zero-order valence-electron chi connectivity index (χ0n) is 14.9. The van der Waals surface area contributed by atoms with Crippen molar-refractivity contribution in [3.8, 4) is 0 Å². The molecule has 0 saturated heterocycles. The van der Waals surface area contributed by atoms with Gasteiger partial charge < -0.3 is 5.32 Å². The van der Waals surface area contributed by atoms with Crippen LogP contribution in [0.1, 0.15) is 11.1 Å². The lowest BCUT2D eigenvalue weighted by molar-refractivity contribution is -0.118. The molecule has 2 aromatic carbocycles. The summed E-state index contributed by atoms with van der Waals surface area (Å²) in [5.41, 5.74) is 2.79. The van der Waals surface area contributed by atoms with Crippen LogP contribution in [0.4, 0.5) is 4.39 Å². The molecule has 1 aromatic heterocycles. The number of thioether (sulfide) groups is 1. The smallest absolute Gasteiger partial charge is 0.230 e. The highest BCUT2D eigenvalue weighted by atomic mass is 32.2. The Labute approximate surface area is 170 Å². The monoisotopic (exact) mass is 436 g/mol. The number of nitrogens with zero attached hydrogens (tertiary/aromatic N) is 1. The Morgan fingerprint density at radius 3 is 2.61 bits per heavy atom. The number of halogens is 1. The molecule has 0 aliphatic carbocycles. The molecule has 3 aromatic rings. The SMILES string of the molecule is Cc1ccc(S(=O)(=O)c2ncsc2SCC(=O)NCc2ccccc2F)cc1. The molecule has 0 saturated carbocycles. The van der Waals surface area contributed by atoms with Gasteiger partial charge in [0.25, 0.3) is 0 Å². The van der Waals surface area contributed by atoms with E-state index in [-0.39, 0.29) is 33.9 Å². The first kappa shape index (κ1) is 20.5. The molecule has 146 valence electrons. The van der Waals surface area contributed by atoms with Gasteiger partial charge in [-0.1, -0.05) is 35.9 Å². The number of benzene rings is 2. The zero-order chi connectivity index (χ0) is 20.1. The summed E-state index contributed by atoms with van der Waals surface area (Å²) in [7, 11) is -3.75. The molecule has 1 heterocycles. The molecule has 0 aliphatic heterocycles. The number of nitrogens with one attached hydrogen (secondary N) is 1. The first-order valence-corrected chi connectivity index (χ1v) is 11.6. The number of aryl methyl sites for hydroxylation is 1. The quantitative estimate of drug-likeness (QED) is 0.570. The van der Waals surface area contributed by atoms with Crippen LogP contribution in [0.5, 0.6) is 0 Å². The Morgan fingerprint density at radius 2 is 1.89 bits per heavy atom. The highest BCUT2D eigenvalue weighted by Gasteiger charge is 2.25. The molecule has 0 aliphatic rings. The molecule has 5 nitrogen and oxygen atoms in total. The molecule has 0 bridgehead atoms. The van der Waals surface area contributed by atoms with Crippen molar-refractivity contribution >= 4 is 38.8 Å². The van der Waals surface area contributed by atoms with Crippen molar-refractivity contribution in [3.05, 3.63) is 71.0 Å². The lowest BCUT2D eigenvalue weighted by Gasteiger charge is -2.07. The van der Waals surface area contributed by atoms with Crippen LogP contribution in [0, 0.1) is 12.7 Å². The third-order valence-corrected chi connectivity index (χ3v) is 7.95. The highest BCUT2D eigenvalue weighted by Crippen LogP contribution is 2.33. The molecule has 0 spiro atoms. The first-order chi connectivity index (χ1) is 13.4. The molecule has 1 N–H and O–H groups in total. The van der Waals surface area contributed by atoms with Crippen molar-refractivity contribution in [1.29, 1.82) is 0 Å². The number of aromatic nitrogens is 1. The fourth-order valence-corrected chi connectivity index (χ4v) is 6.05. The van der Waals surface area contributed by atoms with Crippen molar-refractivity contribution in [2.45, 2.75) is 27.6 Å². The lowest BCUT2D eigenvalue weighted by atomic mass is 10.2. The summed E-state index contributed by atoms with van der Waals surface area (Å²) in [5, 5.41) is 2.59. The molecule has 0 atom stereocenters. The third kappa shape index (κ3) is 4.78. The summed E-state index contributed by atoms with van der Waals surface area (Å²) in [5.74, 6) is -0.697. The summed E-state index contributed by atoms with van der Waals surface area (Å²) >= 11 is 2.26. The highest BCUT2D eigenvalue weighted by molar-refractivity contribution is 8.02. The van der Waals surface area contributed by atoms with E-state index >= 15 is 0 Å². The Balaban J connectivity index is 1.65. The van der Waals surface area contributed by atoms with E-state index in [1.165, 1.54) is 22.9 Å². The average Bonchev–Trinajstić information content (AvgIpc) is 3.15. The minimum Gasteiger partial charge on any atom is -0.351 e. The van der Waals surface area contributed by atoms with Crippen LogP contribution in [0.25, 0.3) is 0 Å². The molecule has 0 fully saturated rings. The molecule has 0 radical (unpaired) electrons. The van der Waals surface area contributed by atoms with Crippen molar-refractivity contribution in [2.24, 2.45) is 0 Å². The maximum Gasteiger partial charge on any atom is 0.230 e. The predicted octanol–water partition coefficient (Wildman–Crippen LogP) is 3.83. The third-order valence-electron chi connectivity index (χ3n) is 3.86. The summed E-state index contributed by atoms with van der Waals surface area (Å²) in [6.07, 6.45) is 0. The minimum atomic E-state index is -3.75. The second-order valence-electron chi connectivity index (χ2n) is 5.92. The summed E-state index contributed by atoms with van der Waals surface area (Å²) in [6, 6.07) is 12.7. The fourth-order valence-electron chi connectivity index (χ4n) is 2.35. The van der Waals surface area contributed by atoms with Crippen LogP contribution in [-0.2, 0) is 21.2 Å². The van der Waals surface area contributed by atoms with E-state index in [0.717, 1.165) is 17.3 Å². The molecule has 0 unspecified atom stereocenters. The molecular formula is C19H17FN2O3S3. The summed E-state index contributed by atoms with van der Waals surface area (Å²) in [6.45, 7) is 1.95. The lowest BCUT2D eigenvalue weighted by Crippen LogP contribution is -2.25. The Kier molecular flexibility index (Phi) is 6.48. The Bertz CT molecular complexity index is 1080. The van der Waals surface area contributed by atoms with Crippen LogP contribution in [0.15, 0.2) is 68.2 Å². The normalized spacial score (nSPS) is 11.4. The van der Waals surface area contributed by atoms with E-state index in [2.05, 4.69) is 10.3 Å². The number of carbonyl (C=O) groups excluding carboxylic acids is 1. The Morgan fingerprint density at radius 1 is 1.18 bits per heavy atom. The molecule has 28 heavy (non-hydrogen) atoms. The number of hydrogen-bond donors (Lipinski definition) is 1. The van der Waals surface area contributed by atoms with Crippen LogP contribution in [-0.4, -0.2) is 25.1 Å². The van der Waals surface area contributed by atoms with Gasteiger partial charge in [-0.15, -0.1) is 23.1 Å². The molecular weight excluding hydrogens is 419 g/mol. The van der Waals surface area contributed by atoms with E-state index in [9.17, 15) is 17.6 Å². The van der Waals surface area contributed by atoms with Crippen molar-refractivity contribution in [1.82, 2.24) is 10.3 Å². The van der Waals surface area contributed by atoms with Gasteiger partial charge in [0.05, 0.1) is 20.4 Å². The van der Waals surface area contributed by atoms with E-state index in [1.54, 1.807) is 42.5 Å². The Hall–Kier alpha value is -2.23. The summed E-state index contributed by atoms with van der Waals surface area (Å²) < 4.78 is 39.7. The number of hydrogen-bond acceptors (Lipinski definition) is 6. The molecule has 1 amide bonds. The van der Waals surface area contributed by atoms with Crippen LogP contribution < -0.4 is 5.32 Å². The van der Waals surface area contributed by atoms with Crippen molar-refractivity contribution in [3.63, 3.8) is 0 Å². The van der Waals surface area contributed by atoms with Crippen LogP contribution in [0.3, 0.4) is 0 Å². The van der Waals surface area contributed by atoms with Gasteiger partial charge in [-0.3, -0.25) is 4.79 Å². The number of carbonyl (C=O) groups is 1. The van der Waals surface area contributed by atoms with Gasteiger partial charge in [-0.2, -0.15) is 0 Å². The van der Waals surface area contributed by atoms with Gasteiger partial charge in [0.2, 0.25) is 15.7 Å². The molecule has 9 heteroatoms. The van der Waals surface area contributed by atoms with Gasteiger partial charge in [0, 0.05) is 12.1 Å². The molecule has 3 rings (SSSR count). The zero-order valence-corrected chi connectivity index (χ0v) is 17.3. The summed E-state index contributed by atoms with van der Waals surface area (Å²) in [4.78, 5) is 16.2. The van der Waals surface area contributed by atoms with Crippen LogP contribution >= 0.6 is 23.1 Å². The van der Waals surface area contributed by atoms with Crippen LogP contribution in [0.2, 0.25) is 0 Å². The maximum atomic E-state index is 13.6. The minimum absolute atomic E-state index is 0.00701. The van der Waals surface area contributed by atoms with E-state index < -0.39 is 9.84 Å². The van der Waals surface area contributed by atoms with Gasteiger partial charge in [-0.05, 0) is 25.1 Å². The topological polar surface area (TPSA) is 76.1 Å². The van der Waals surface area contributed by atoms with Gasteiger partial charge in [0.1, 0.15) is 5.82 Å². The van der Waals surface area contributed by atoms with Gasteiger partial charge in [-0.25, -0.2) is 17.8 Å².